The molecule has 8 heteroatoms. The molecule has 1 aromatic heterocycles. The highest BCUT2D eigenvalue weighted by Crippen LogP contribution is 2.28. The van der Waals surface area contributed by atoms with Gasteiger partial charge in [0.05, 0.1) is 12.1 Å². The number of anilines is 1. The molecule has 1 atom stereocenters. The van der Waals surface area contributed by atoms with Gasteiger partial charge in [-0.1, -0.05) is 0 Å². The lowest BCUT2D eigenvalue weighted by Gasteiger charge is -2.35. The van der Waals surface area contributed by atoms with E-state index in [2.05, 4.69) is 9.97 Å². The van der Waals surface area contributed by atoms with Crippen molar-refractivity contribution in [2.75, 3.05) is 37.3 Å². The molecule has 0 saturated carbocycles. The lowest BCUT2D eigenvalue weighted by molar-refractivity contribution is -0.134. The molecular weight excluding hydrogens is 328 g/mol. The minimum atomic E-state index is -3.41. The third-order valence-corrected chi connectivity index (χ3v) is 5.83. The number of likely N-dealkylation sites (tertiary alicyclic amines) is 1. The molecule has 2 aliphatic rings. The minimum absolute atomic E-state index is 0.0838. The average molecular weight is 352 g/mol. The standard InChI is InChI=1S/C16H24N4O3S/c1-12-17-10-14(24(2,22)23)15(18-12)20-9-5-6-13(11-20)16(21)19-7-3-4-8-19/h10,13H,3-9,11H2,1-2H3/t13-/m0/s1. The normalized spacial score (nSPS) is 22.0. The number of aryl methyl sites for hydroxylation is 1. The second kappa shape index (κ2) is 6.66. The summed E-state index contributed by atoms with van der Waals surface area (Å²) < 4.78 is 24.1. The quantitative estimate of drug-likeness (QED) is 0.808. The average Bonchev–Trinajstić information content (AvgIpc) is 3.07. The maximum Gasteiger partial charge on any atom is 0.227 e. The van der Waals surface area contributed by atoms with E-state index < -0.39 is 9.84 Å². The van der Waals surface area contributed by atoms with Crippen LogP contribution in [-0.4, -0.2) is 61.6 Å². The zero-order valence-electron chi connectivity index (χ0n) is 14.2. The molecule has 0 unspecified atom stereocenters. The lowest BCUT2D eigenvalue weighted by Crippen LogP contribution is -2.44. The zero-order chi connectivity index (χ0) is 17.3. The predicted molar refractivity (Wildman–Crippen MR) is 90.6 cm³/mol. The Bertz CT molecular complexity index is 729. The molecule has 3 rings (SSSR count). The summed E-state index contributed by atoms with van der Waals surface area (Å²) in [6, 6.07) is 0. The monoisotopic (exact) mass is 352 g/mol. The van der Waals surface area contributed by atoms with Gasteiger partial charge in [-0.2, -0.15) is 0 Å². The molecule has 2 fully saturated rings. The van der Waals surface area contributed by atoms with E-state index >= 15 is 0 Å². The fourth-order valence-electron chi connectivity index (χ4n) is 3.50. The number of piperidine rings is 1. The summed E-state index contributed by atoms with van der Waals surface area (Å²) in [6.07, 6.45) is 6.40. The van der Waals surface area contributed by atoms with E-state index in [1.807, 2.05) is 9.80 Å². The van der Waals surface area contributed by atoms with Crippen molar-refractivity contribution in [2.45, 2.75) is 37.5 Å². The van der Waals surface area contributed by atoms with Gasteiger partial charge in [0.1, 0.15) is 10.7 Å². The second-order valence-corrected chi connectivity index (χ2v) is 8.68. The molecule has 7 nitrogen and oxygen atoms in total. The molecule has 0 N–H and O–H groups in total. The van der Waals surface area contributed by atoms with Crippen LogP contribution in [0, 0.1) is 12.8 Å². The van der Waals surface area contributed by atoms with E-state index in [0.717, 1.165) is 38.8 Å². The molecule has 0 aliphatic carbocycles. The number of aromatic nitrogens is 2. The van der Waals surface area contributed by atoms with Crippen molar-refractivity contribution < 1.29 is 13.2 Å². The summed E-state index contributed by atoms with van der Waals surface area (Å²) in [4.78, 5) is 25.1. The molecule has 0 spiro atoms. The zero-order valence-corrected chi connectivity index (χ0v) is 15.0. The molecule has 24 heavy (non-hydrogen) atoms. The van der Waals surface area contributed by atoms with E-state index in [4.69, 9.17) is 0 Å². The maximum atomic E-state index is 12.7. The number of rotatable bonds is 3. The van der Waals surface area contributed by atoms with Crippen molar-refractivity contribution in [3.63, 3.8) is 0 Å². The summed E-state index contributed by atoms with van der Waals surface area (Å²) in [5.74, 6) is 1.08. The number of amides is 1. The Morgan fingerprint density at radius 2 is 1.92 bits per heavy atom. The number of carbonyl (C=O) groups excluding carboxylic acids is 1. The molecule has 1 aromatic rings. The Morgan fingerprint density at radius 1 is 1.21 bits per heavy atom. The number of sulfone groups is 1. The summed E-state index contributed by atoms with van der Waals surface area (Å²) >= 11 is 0. The van der Waals surface area contributed by atoms with Gasteiger partial charge in [-0.05, 0) is 32.6 Å². The van der Waals surface area contributed by atoms with Crippen LogP contribution in [0.4, 0.5) is 5.82 Å². The Kier molecular flexibility index (Phi) is 4.76. The third-order valence-electron chi connectivity index (χ3n) is 4.74. The molecule has 0 bridgehead atoms. The summed E-state index contributed by atoms with van der Waals surface area (Å²) in [5.41, 5.74) is 0. The van der Waals surface area contributed by atoms with E-state index in [9.17, 15) is 13.2 Å². The van der Waals surface area contributed by atoms with Crippen LogP contribution < -0.4 is 4.90 Å². The van der Waals surface area contributed by atoms with Crippen molar-refractivity contribution in [1.82, 2.24) is 14.9 Å². The summed E-state index contributed by atoms with van der Waals surface area (Å²) in [5, 5.41) is 0. The number of hydrogen-bond donors (Lipinski definition) is 0. The second-order valence-electron chi connectivity index (χ2n) is 6.69. The van der Waals surface area contributed by atoms with Gasteiger partial charge in [0.15, 0.2) is 15.7 Å². The number of hydrogen-bond acceptors (Lipinski definition) is 6. The van der Waals surface area contributed by atoms with Gasteiger partial charge >= 0.3 is 0 Å². The lowest BCUT2D eigenvalue weighted by atomic mass is 9.96. The Morgan fingerprint density at radius 3 is 2.58 bits per heavy atom. The van der Waals surface area contributed by atoms with E-state index in [0.29, 0.717) is 24.7 Å². The van der Waals surface area contributed by atoms with Crippen molar-refractivity contribution in [1.29, 1.82) is 0 Å². The molecular formula is C16H24N4O3S. The van der Waals surface area contributed by atoms with Crippen LogP contribution in [0.3, 0.4) is 0 Å². The van der Waals surface area contributed by atoms with Crippen molar-refractivity contribution in [2.24, 2.45) is 5.92 Å². The van der Waals surface area contributed by atoms with Gasteiger partial charge in [0, 0.05) is 32.4 Å². The van der Waals surface area contributed by atoms with Crippen LogP contribution in [0.15, 0.2) is 11.1 Å². The number of carbonyl (C=O) groups is 1. The Balaban J connectivity index is 1.85. The SMILES string of the molecule is Cc1ncc(S(C)(=O)=O)c(N2CCC[C@H](C(=O)N3CCCC3)C2)n1. The van der Waals surface area contributed by atoms with Crippen molar-refractivity contribution >= 4 is 21.6 Å². The van der Waals surface area contributed by atoms with Crippen molar-refractivity contribution in [3.8, 4) is 0 Å². The van der Waals surface area contributed by atoms with Crippen molar-refractivity contribution in [3.05, 3.63) is 12.0 Å². The largest absolute Gasteiger partial charge is 0.355 e. The third kappa shape index (κ3) is 3.53. The van der Waals surface area contributed by atoms with Crippen LogP contribution in [-0.2, 0) is 14.6 Å². The first kappa shape index (κ1) is 17.1. The first-order valence-electron chi connectivity index (χ1n) is 8.43. The van der Waals surface area contributed by atoms with Gasteiger partial charge < -0.3 is 9.80 Å². The molecule has 2 aliphatic heterocycles. The predicted octanol–water partition coefficient (Wildman–Crippen LogP) is 1.03. The first-order valence-corrected chi connectivity index (χ1v) is 10.3. The van der Waals surface area contributed by atoms with Gasteiger partial charge in [0.2, 0.25) is 5.91 Å². The topological polar surface area (TPSA) is 83.5 Å². The highest BCUT2D eigenvalue weighted by atomic mass is 32.2. The first-order chi connectivity index (χ1) is 11.4. The fraction of sp³-hybridized carbons (Fsp3) is 0.688. The van der Waals surface area contributed by atoms with E-state index in [-0.39, 0.29) is 16.7 Å². The van der Waals surface area contributed by atoms with Gasteiger partial charge in [0.25, 0.3) is 0 Å². The Hall–Kier alpha value is -1.70. The summed E-state index contributed by atoms with van der Waals surface area (Å²) in [6.45, 7) is 4.66. The minimum Gasteiger partial charge on any atom is -0.355 e. The molecule has 132 valence electrons. The highest BCUT2D eigenvalue weighted by molar-refractivity contribution is 7.90. The smallest absolute Gasteiger partial charge is 0.227 e. The van der Waals surface area contributed by atoms with E-state index in [1.54, 1.807) is 6.92 Å². The van der Waals surface area contributed by atoms with Gasteiger partial charge in [-0.3, -0.25) is 4.79 Å². The van der Waals surface area contributed by atoms with Gasteiger partial charge in [-0.15, -0.1) is 0 Å². The van der Waals surface area contributed by atoms with Gasteiger partial charge in [-0.25, -0.2) is 18.4 Å². The molecule has 0 radical (unpaired) electrons. The molecule has 3 heterocycles. The van der Waals surface area contributed by atoms with Crippen LogP contribution in [0.5, 0.6) is 0 Å². The fourth-order valence-corrected chi connectivity index (χ4v) is 4.25. The number of nitrogens with zero attached hydrogens (tertiary/aromatic N) is 4. The van der Waals surface area contributed by atoms with E-state index in [1.165, 1.54) is 12.5 Å². The van der Waals surface area contributed by atoms with Crippen LogP contribution >= 0.6 is 0 Å². The maximum absolute atomic E-state index is 12.7. The Labute approximate surface area is 143 Å². The van der Waals surface area contributed by atoms with Crippen LogP contribution in [0.1, 0.15) is 31.5 Å². The van der Waals surface area contributed by atoms with Crippen LogP contribution in [0.25, 0.3) is 0 Å². The molecule has 2 saturated heterocycles. The molecule has 1 amide bonds. The summed E-state index contributed by atoms with van der Waals surface area (Å²) in [7, 11) is -3.41. The van der Waals surface area contributed by atoms with Crippen LogP contribution in [0.2, 0.25) is 0 Å². The highest BCUT2D eigenvalue weighted by Gasteiger charge is 2.32. The molecule has 0 aromatic carbocycles.